The van der Waals surface area contributed by atoms with Gasteiger partial charge in [-0.25, -0.2) is 4.79 Å². The van der Waals surface area contributed by atoms with E-state index in [1.807, 2.05) is 0 Å². The van der Waals surface area contributed by atoms with Gasteiger partial charge in [0.25, 0.3) is 0 Å². The number of hydrogen-bond donors (Lipinski definition) is 0. The lowest BCUT2D eigenvalue weighted by Crippen LogP contribution is -2.50. The first kappa shape index (κ1) is 19.7. The van der Waals surface area contributed by atoms with E-state index in [1.54, 1.807) is 42.7 Å². The van der Waals surface area contributed by atoms with Gasteiger partial charge < -0.3 is 19.3 Å². The van der Waals surface area contributed by atoms with Gasteiger partial charge in [-0.3, -0.25) is 0 Å². The van der Waals surface area contributed by atoms with Crippen LogP contribution in [0.4, 0.5) is 23.7 Å². The Labute approximate surface area is 152 Å². The lowest BCUT2D eigenvalue weighted by molar-refractivity contribution is -0.274. The Balaban J connectivity index is 2.07. The van der Waals surface area contributed by atoms with Gasteiger partial charge in [-0.2, -0.15) is 0 Å². The number of hydrogen-bond acceptors (Lipinski definition) is 4. The minimum Gasteiger partial charge on any atom is -0.444 e. The summed E-state index contributed by atoms with van der Waals surface area (Å²) in [5, 5.41) is 0. The molecule has 2 rings (SSSR count). The van der Waals surface area contributed by atoms with Crippen LogP contribution in [0.1, 0.15) is 20.8 Å². The zero-order valence-electron chi connectivity index (χ0n) is 14.2. The van der Waals surface area contributed by atoms with Gasteiger partial charge in [0.05, 0.1) is 5.69 Å². The predicted octanol–water partition coefficient (Wildman–Crippen LogP) is 4.40. The molecule has 0 N–H and O–H groups in total. The van der Waals surface area contributed by atoms with Crippen molar-refractivity contribution in [3.05, 3.63) is 22.7 Å². The molecular weight excluding hydrogens is 405 g/mol. The van der Waals surface area contributed by atoms with Crippen LogP contribution in [0.3, 0.4) is 0 Å². The molecule has 1 heterocycles. The zero-order valence-corrected chi connectivity index (χ0v) is 15.8. The summed E-state index contributed by atoms with van der Waals surface area (Å²) in [6, 6.07) is 4.50. The predicted molar refractivity (Wildman–Crippen MR) is 90.8 cm³/mol. The first-order valence-electron chi connectivity index (χ1n) is 7.73. The Hall–Kier alpha value is -1.64. The van der Waals surface area contributed by atoms with Crippen molar-refractivity contribution in [2.45, 2.75) is 32.7 Å². The van der Waals surface area contributed by atoms with Crippen LogP contribution >= 0.6 is 15.9 Å². The summed E-state index contributed by atoms with van der Waals surface area (Å²) in [6.45, 7) is 6.83. The molecule has 0 aromatic heterocycles. The highest BCUT2D eigenvalue weighted by Gasteiger charge is 2.34. The van der Waals surface area contributed by atoms with Crippen molar-refractivity contribution < 1.29 is 27.4 Å². The van der Waals surface area contributed by atoms with Crippen LogP contribution in [0.5, 0.6) is 5.75 Å². The highest BCUT2D eigenvalue weighted by atomic mass is 79.9. The summed E-state index contributed by atoms with van der Waals surface area (Å²) in [5.74, 6) is -0.271. The molecule has 0 radical (unpaired) electrons. The first-order valence-corrected chi connectivity index (χ1v) is 8.52. The summed E-state index contributed by atoms with van der Waals surface area (Å²) in [5.41, 5.74) is -0.252. The van der Waals surface area contributed by atoms with Gasteiger partial charge in [0, 0.05) is 30.7 Å². The molecular formula is C16H20BrF3N2O3. The SMILES string of the molecule is CC(C)(C)OC(=O)N1CCN(c2ccc(Br)cc2OC(F)(F)F)CC1. The van der Waals surface area contributed by atoms with E-state index in [1.165, 1.54) is 6.07 Å². The van der Waals surface area contributed by atoms with Gasteiger partial charge in [0.1, 0.15) is 5.60 Å². The molecule has 0 bridgehead atoms. The van der Waals surface area contributed by atoms with Crippen molar-refractivity contribution in [3.63, 3.8) is 0 Å². The largest absolute Gasteiger partial charge is 0.573 e. The number of nitrogens with zero attached hydrogens (tertiary/aromatic N) is 2. The maximum atomic E-state index is 12.6. The number of amides is 1. The monoisotopic (exact) mass is 424 g/mol. The summed E-state index contributed by atoms with van der Waals surface area (Å²) in [4.78, 5) is 15.4. The normalized spacial score (nSPS) is 16.0. The fourth-order valence-electron chi connectivity index (χ4n) is 2.41. The number of halogens is 4. The molecule has 0 unspecified atom stereocenters. The Morgan fingerprint density at radius 3 is 2.24 bits per heavy atom. The number of rotatable bonds is 2. The molecule has 1 saturated heterocycles. The second-order valence-corrected chi connectivity index (χ2v) is 7.53. The molecule has 1 aromatic rings. The quantitative estimate of drug-likeness (QED) is 0.705. The van der Waals surface area contributed by atoms with Crippen LogP contribution in [-0.4, -0.2) is 49.1 Å². The molecule has 5 nitrogen and oxygen atoms in total. The maximum Gasteiger partial charge on any atom is 0.573 e. The van der Waals surface area contributed by atoms with E-state index in [4.69, 9.17) is 4.74 Å². The van der Waals surface area contributed by atoms with Crippen molar-refractivity contribution in [2.24, 2.45) is 0 Å². The molecule has 1 aromatic carbocycles. The number of piperazine rings is 1. The third-order valence-electron chi connectivity index (χ3n) is 3.42. The molecule has 25 heavy (non-hydrogen) atoms. The number of benzene rings is 1. The highest BCUT2D eigenvalue weighted by Crippen LogP contribution is 2.35. The van der Waals surface area contributed by atoms with Crippen LogP contribution in [0.25, 0.3) is 0 Å². The molecule has 1 amide bonds. The standard InChI is InChI=1S/C16H20BrF3N2O3/c1-15(2,3)25-14(23)22-8-6-21(7-9-22)12-5-4-11(17)10-13(12)24-16(18,19)20/h4-5,10H,6-9H2,1-3H3. The van der Waals surface area contributed by atoms with E-state index >= 15 is 0 Å². The summed E-state index contributed by atoms with van der Waals surface area (Å²) >= 11 is 3.15. The smallest absolute Gasteiger partial charge is 0.444 e. The number of carbonyl (C=O) groups is 1. The number of ether oxygens (including phenoxy) is 2. The van der Waals surface area contributed by atoms with Crippen LogP contribution in [0.2, 0.25) is 0 Å². The van der Waals surface area contributed by atoms with E-state index < -0.39 is 18.1 Å². The second kappa shape index (κ2) is 7.31. The van der Waals surface area contributed by atoms with Crippen LogP contribution < -0.4 is 9.64 Å². The zero-order chi connectivity index (χ0) is 18.8. The summed E-state index contributed by atoms with van der Waals surface area (Å²) in [7, 11) is 0. The summed E-state index contributed by atoms with van der Waals surface area (Å²) in [6.07, 6.45) is -5.19. The van der Waals surface area contributed by atoms with Crippen molar-refractivity contribution >= 4 is 27.7 Å². The topological polar surface area (TPSA) is 42.0 Å². The Morgan fingerprint density at radius 1 is 1.12 bits per heavy atom. The third kappa shape index (κ3) is 5.98. The average Bonchev–Trinajstić information content (AvgIpc) is 2.44. The van der Waals surface area contributed by atoms with Gasteiger partial charge in [-0.1, -0.05) is 15.9 Å². The fraction of sp³-hybridized carbons (Fsp3) is 0.562. The number of anilines is 1. The van der Waals surface area contributed by atoms with Gasteiger partial charge >= 0.3 is 12.5 Å². The minimum atomic E-state index is -4.77. The molecule has 0 atom stereocenters. The third-order valence-corrected chi connectivity index (χ3v) is 3.91. The molecule has 0 aliphatic carbocycles. The molecule has 1 aliphatic rings. The van der Waals surface area contributed by atoms with Crippen LogP contribution in [0, 0.1) is 0 Å². The van der Waals surface area contributed by atoms with E-state index in [2.05, 4.69) is 20.7 Å². The molecule has 0 spiro atoms. The van der Waals surface area contributed by atoms with Gasteiger partial charge in [-0.05, 0) is 39.0 Å². The number of alkyl halides is 3. The molecule has 9 heteroatoms. The van der Waals surface area contributed by atoms with Crippen molar-refractivity contribution in [1.82, 2.24) is 4.90 Å². The maximum absolute atomic E-state index is 12.6. The molecule has 1 aliphatic heterocycles. The Kier molecular flexibility index (Phi) is 5.75. The Bertz CT molecular complexity index is 624. The average molecular weight is 425 g/mol. The molecule has 140 valence electrons. The minimum absolute atomic E-state index is 0.271. The summed E-state index contributed by atoms with van der Waals surface area (Å²) < 4.78 is 47.8. The van der Waals surface area contributed by atoms with E-state index in [0.717, 1.165) is 0 Å². The number of carbonyl (C=O) groups excluding carboxylic acids is 1. The fourth-order valence-corrected chi connectivity index (χ4v) is 2.75. The lowest BCUT2D eigenvalue weighted by Gasteiger charge is -2.37. The van der Waals surface area contributed by atoms with E-state index in [0.29, 0.717) is 36.3 Å². The molecule has 0 saturated carbocycles. The first-order chi connectivity index (χ1) is 11.4. The van der Waals surface area contributed by atoms with Gasteiger partial charge in [-0.15, -0.1) is 13.2 Å². The highest BCUT2D eigenvalue weighted by molar-refractivity contribution is 9.10. The lowest BCUT2D eigenvalue weighted by atomic mass is 10.2. The van der Waals surface area contributed by atoms with Crippen molar-refractivity contribution in [2.75, 3.05) is 31.1 Å². The molecule has 1 fully saturated rings. The van der Waals surface area contributed by atoms with Crippen molar-refractivity contribution in [1.29, 1.82) is 0 Å². The van der Waals surface area contributed by atoms with Gasteiger partial charge in [0.2, 0.25) is 0 Å². The van der Waals surface area contributed by atoms with Gasteiger partial charge in [0.15, 0.2) is 5.75 Å². The second-order valence-electron chi connectivity index (χ2n) is 6.61. The Morgan fingerprint density at radius 2 is 1.72 bits per heavy atom. The van der Waals surface area contributed by atoms with E-state index in [-0.39, 0.29) is 5.75 Å². The van der Waals surface area contributed by atoms with Crippen LogP contribution in [-0.2, 0) is 4.74 Å². The van der Waals surface area contributed by atoms with Crippen LogP contribution in [0.15, 0.2) is 22.7 Å². The van der Waals surface area contributed by atoms with E-state index in [9.17, 15) is 18.0 Å². The van der Waals surface area contributed by atoms with Crippen molar-refractivity contribution in [3.8, 4) is 5.75 Å².